The van der Waals surface area contributed by atoms with Crippen molar-refractivity contribution in [3.05, 3.63) is 47.3 Å². The van der Waals surface area contributed by atoms with E-state index in [0.717, 1.165) is 17.9 Å². The van der Waals surface area contributed by atoms with Gasteiger partial charge in [-0.2, -0.15) is 5.10 Å². The lowest BCUT2D eigenvalue weighted by molar-refractivity contribution is 0.0696. The Morgan fingerprint density at radius 1 is 1.42 bits per heavy atom. The van der Waals surface area contributed by atoms with Gasteiger partial charge in [0.1, 0.15) is 12.4 Å². The number of aromatic carboxylic acids is 1. The molecule has 0 aliphatic heterocycles. The van der Waals surface area contributed by atoms with E-state index in [1.807, 2.05) is 24.6 Å². The summed E-state index contributed by atoms with van der Waals surface area (Å²) in [4.78, 5) is 10.9. The van der Waals surface area contributed by atoms with Crippen molar-refractivity contribution in [1.82, 2.24) is 9.78 Å². The maximum atomic E-state index is 10.9. The van der Waals surface area contributed by atoms with E-state index < -0.39 is 5.97 Å². The first kappa shape index (κ1) is 13.1. The highest BCUT2D eigenvalue weighted by atomic mass is 16.5. The zero-order valence-electron chi connectivity index (χ0n) is 11.0. The average molecular weight is 260 g/mol. The zero-order valence-corrected chi connectivity index (χ0v) is 11.0. The molecule has 5 nitrogen and oxygen atoms in total. The quantitative estimate of drug-likeness (QED) is 0.897. The molecule has 0 spiro atoms. The Bertz CT molecular complexity index is 590. The lowest BCUT2D eigenvalue weighted by atomic mass is 10.2. The van der Waals surface area contributed by atoms with E-state index in [9.17, 15) is 4.79 Å². The van der Waals surface area contributed by atoms with Gasteiger partial charge in [-0.25, -0.2) is 4.79 Å². The monoisotopic (exact) mass is 260 g/mol. The van der Waals surface area contributed by atoms with Gasteiger partial charge in [-0.3, -0.25) is 4.68 Å². The fraction of sp³-hybridized carbons (Fsp3) is 0.286. The first-order valence-electron chi connectivity index (χ1n) is 6.09. The molecule has 1 aromatic carbocycles. The zero-order chi connectivity index (χ0) is 13.8. The first-order chi connectivity index (χ1) is 9.10. The maximum Gasteiger partial charge on any atom is 0.335 e. The third-order valence-electron chi connectivity index (χ3n) is 2.75. The van der Waals surface area contributed by atoms with Gasteiger partial charge in [0.05, 0.1) is 17.0 Å². The Morgan fingerprint density at radius 2 is 2.21 bits per heavy atom. The molecule has 100 valence electrons. The van der Waals surface area contributed by atoms with Crippen LogP contribution in [0.4, 0.5) is 0 Å². The molecule has 5 heteroatoms. The summed E-state index contributed by atoms with van der Waals surface area (Å²) < 4.78 is 7.49. The molecule has 2 rings (SSSR count). The summed E-state index contributed by atoms with van der Waals surface area (Å²) in [5.74, 6) is -0.415. The lowest BCUT2D eigenvalue weighted by Crippen LogP contribution is -2.06. The van der Waals surface area contributed by atoms with Crippen LogP contribution in [-0.4, -0.2) is 20.9 Å². The highest BCUT2D eigenvalue weighted by molar-refractivity contribution is 5.87. The Balaban J connectivity index is 2.09. The average Bonchev–Trinajstić information content (AvgIpc) is 2.77. The number of aromatic nitrogens is 2. The molecule has 1 N–H and O–H groups in total. The second-order valence-corrected chi connectivity index (χ2v) is 4.21. The summed E-state index contributed by atoms with van der Waals surface area (Å²) >= 11 is 0. The van der Waals surface area contributed by atoms with E-state index in [-0.39, 0.29) is 5.56 Å². The molecule has 0 saturated heterocycles. The Morgan fingerprint density at radius 3 is 2.89 bits per heavy atom. The van der Waals surface area contributed by atoms with Crippen molar-refractivity contribution >= 4 is 5.97 Å². The van der Waals surface area contributed by atoms with Crippen molar-refractivity contribution in [1.29, 1.82) is 0 Å². The predicted octanol–water partition coefficient (Wildman–Crippen LogP) is 2.49. The van der Waals surface area contributed by atoms with E-state index >= 15 is 0 Å². The van der Waals surface area contributed by atoms with Crippen LogP contribution in [0.1, 0.15) is 28.7 Å². The molecule has 0 unspecified atom stereocenters. The van der Waals surface area contributed by atoms with Gasteiger partial charge >= 0.3 is 5.97 Å². The Labute approximate surface area is 111 Å². The number of hydrogen-bond acceptors (Lipinski definition) is 3. The summed E-state index contributed by atoms with van der Waals surface area (Å²) in [6.45, 7) is 5.10. The molecule has 0 radical (unpaired) electrons. The van der Waals surface area contributed by atoms with E-state index in [4.69, 9.17) is 9.84 Å². The third kappa shape index (κ3) is 3.13. The largest absolute Gasteiger partial charge is 0.487 e. The van der Waals surface area contributed by atoms with Crippen LogP contribution in [0.15, 0.2) is 30.3 Å². The number of benzene rings is 1. The minimum absolute atomic E-state index is 0.220. The smallest absolute Gasteiger partial charge is 0.335 e. The van der Waals surface area contributed by atoms with Crippen LogP contribution in [0.2, 0.25) is 0 Å². The first-order valence-corrected chi connectivity index (χ1v) is 6.09. The van der Waals surface area contributed by atoms with Crippen LogP contribution in [0.3, 0.4) is 0 Å². The number of carbonyl (C=O) groups is 1. The molecule has 0 saturated carbocycles. The molecule has 19 heavy (non-hydrogen) atoms. The van der Waals surface area contributed by atoms with E-state index in [0.29, 0.717) is 12.4 Å². The number of carboxylic acid groups (broad SMARTS) is 1. The molecule has 1 aromatic heterocycles. The van der Waals surface area contributed by atoms with Crippen molar-refractivity contribution in [3.63, 3.8) is 0 Å². The van der Waals surface area contributed by atoms with Crippen LogP contribution in [0, 0.1) is 6.92 Å². The maximum absolute atomic E-state index is 10.9. The SMILES string of the molecule is CCn1nc(C)cc1COc1cccc(C(=O)O)c1. The second kappa shape index (κ2) is 5.56. The number of aryl methyl sites for hydroxylation is 2. The third-order valence-corrected chi connectivity index (χ3v) is 2.75. The van der Waals surface area contributed by atoms with Crippen LogP contribution in [0.5, 0.6) is 5.75 Å². The Kier molecular flexibility index (Phi) is 3.85. The van der Waals surface area contributed by atoms with E-state index in [2.05, 4.69) is 5.10 Å². The lowest BCUT2D eigenvalue weighted by Gasteiger charge is -2.08. The molecule has 0 amide bonds. The van der Waals surface area contributed by atoms with Crippen molar-refractivity contribution in [2.45, 2.75) is 27.0 Å². The molecular weight excluding hydrogens is 244 g/mol. The van der Waals surface area contributed by atoms with Gasteiger partial charge in [-0.05, 0) is 38.1 Å². The summed E-state index contributed by atoms with van der Waals surface area (Å²) in [5.41, 5.74) is 2.14. The molecule has 0 aliphatic rings. The highest BCUT2D eigenvalue weighted by Crippen LogP contribution is 2.15. The number of hydrogen-bond donors (Lipinski definition) is 1. The summed E-state index contributed by atoms with van der Waals surface area (Å²) in [5, 5.41) is 13.2. The second-order valence-electron chi connectivity index (χ2n) is 4.21. The molecule has 0 aliphatic carbocycles. The van der Waals surface area contributed by atoms with Gasteiger partial charge in [-0.1, -0.05) is 6.07 Å². The van der Waals surface area contributed by atoms with Gasteiger partial charge in [0, 0.05) is 6.54 Å². The van der Waals surface area contributed by atoms with Gasteiger partial charge in [-0.15, -0.1) is 0 Å². The van der Waals surface area contributed by atoms with Crippen LogP contribution < -0.4 is 4.74 Å². The number of carboxylic acids is 1. The predicted molar refractivity (Wildman–Crippen MR) is 70.4 cm³/mol. The van der Waals surface area contributed by atoms with Crippen LogP contribution >= 0.6 is 0 Å². The van der Waals surface area contributed by atoms with E-state index in [1.54, 1.807) is 12.1 Å². The van der Waals surface area contributed by atoms with Gasteiger partial charge in [0.25, 0.3) is 0 Å². The number of ether oxygens (including phenoxy) is 1. The number of nitrogens with zero attached hydrogens (tertiary/aromatic N) is 2. The van der Waals surface area contributed by atoms with E-state index in [1.165, 1.54) is 12.1 Å². The fourth-order valence-corrected chi connectivity index (χ4v) is 1.87. The van der Waals surface area contributed by atoms with Crippen LogP contribution in [0.25, 0.3) is 0 Å². The van der Waals surface area contributed by atoms with Gasteiger partial charge in [0.2, 0.25) is 0 Å². The van der Waals surface area contributed by atoms with Crippen molar-refractivity contribution in [2.24, 2.45) is 0 Å². The molecular formula is C14H16N2O3. The molecule has 0 bridgehead atoms. The van der Waals surface area contributed by atoms with Gasteiger partial charge in [0.15, 0.2) is 0 Å². The minimum Gasteiger partial charge on any atom is -0.487 e. The standard InChI is InChI=1S/C14H16N2O3/c1-3-16-12(7-10(2)15-16)9-19-13-6-4-5-11(8-13)14(17)18/h4-8H,3,9H2,1-2H3,(H,17,18). The van der Waals surface area contributed by atoms with Crippen molar-refractivity contribution in [2.75, 3.05) is 0 Å². The molecule has 2 aromatic rings. The van der Waals surface area contributed by atoms with Gasteiger partial charge < -0.3 is 9.84 Å². The van der Waals surface area contributed by atoms with Crippen molar-refractivity contribution < 1.29 is 14.6 Å². The normalized spacial score (nSPS) is 10.4. The Hall–Kier alpha value is -2.30. The minimum atomic E-state index is -0.958. The summed E-state index contributed by atoms with van der Waals surface area (Å²) in [6.07, 6.45) is 0. The van der Waals surface area contributed by atoms with Crippen molar-refractivity contribution in [3.8, 4) is 5.75 Å². The molecule has 0 atom stereocenters. The number of rotatable bonds is 5. The molecule has 0 fully saturated rings. The summed E-state index contributed by atoms with van der Waals surface area (Å²) in [7, 11) is 0. The highest BCUT2D eigenvalue weighted by Gasteiger charge is 2.07. The van der Waals surface area contributed by atoms with Crippen LogP contribution in [-0.2, 0) is 13.2 Å². The topological polar surface area (TPSA) is 64.4 Å². The molecule has 1 heterocycles. The fourth-order valence-electron chi connectivity index (χ4n) is 1.87. The summed E-state index contributed by atoms with van der Waals surface area (Å²) in [6, 6.07) is 8.43.